The van der Waals surface area contributed by atoms with Crippen LogP contribution in [-0.4, -0.2) is 72.9 Å². The molecular formula is C66H52O16. The number of rotatable bonds is 17. The molecule has 0 saturated carbocycles. The van der Waals surface area contributed by atoms with Crippen molar-refractivity contribution in [3.63, 3.8) is 0 Å². The standard InChI is InChI=1S/C66H52O16/c1-40(2)38-73-58-55(68)54-49(67)36-48(37-52(54)76-56(58)45-33-34-50-51(35-45)82-66(81-50,46-29-17-7-18-30-46)47-31-19-8-20-32-47)75-65-60(80-64(72)44-27-15-6-16-28-44)59(79-63(71)43-25-13-5-14-26-43)57(78-62(70)42-23-11-4-12-24-42)53(77-65)39-74-61(69)41-21-9-3-10-22-41/h3-37,40,53,57,59-60,65,67H,38-39H2,1-2H3/t53?,57-,59?,60+,65-/m1/s1. The molecule has 0 aliphatic carbocycles. The lowest BCUT2D eigenvalue weighted by atomic mass is 9.97. The van der Waals surface area contributed by atoms with E-state index in [1.165, 1.54) is 54.6 Å². The average Bonchev–Trinajstić information content (AvgIpc) is 4.13. The number of aromatic hydroxyl groups is 1. The summed E-state index contributed by atoms with van der Waals surface area (Å²) < 4.78 is 63.8. The van der Waals surface area contributed by atoms with E-state index >= 15 is 0 Å². The van der Waals surface area contributed by atoms with Crippen LogP contribution in [0.5, 0.6) is 28.7 Å². The number of esters is 4. The predicted molar refractivity (Wildman–Crippen MR) is 298 cm³/mol. The van der Waals surface area contributed by atoms with E-state index < -0.39 is 78.2 Å². The number of phenolic OH excluding ortho intramolecular Hbond substituents is 1. The summed E-state index contributed by atoms with van der Waals surface area (Å²) in [5, 5.41) is 11.6. The van der Waals surface area contributed by atoms with Gasteiger partial charge in [-0.3, -0.25) is 4.79 Å². The normalized spacial score (nSPS) is 17.8. The molecule has 1 N–H and O–H groups in total. The largest absolute Gasteiger partial charge is 0.507 e. The first-order valence-corrected chi connectivity index (χ1v) is 26.3. The van der Waals surface area contributed by atoms with Gasteiger partial charge in [-0.15, -0.1) is 0 Å². The van der Waals surface area contributed by atoms with Crippen molar-refractivity contribution in [3.05, 3.63) is 256 Å². The second-order valence-corrected chi connectivity index (χ2v) is 19.7. The minimum atomic E-state index is -1.83. The van der Waals surface area contributed by atoms with E-state index in [0.29, 0.717) is 17.1 Å². The van der Waals surface area contributed by atoms with Crippen molar-refractivity contribution in [2.45, 2.75) is 50.3 Å². The van der Waals surface area contributed by atoms with Crippen molar-refractivity contribution >= 4 is 34.8 Å². The Labute approximate surface area is 469 Å². The highest BCUT2D eigenvalue weighted by molar-refractivity contribution is 5.92. The van der Waals surface area contributed by atoms with Gasteiger partial charge in [-0.05, 0) is 72.6 Å². The van der Waals surface area contributed by atoms with Gasteiger partial charge in [0.1, 0.15) is 35.2 Å². The molecule has 5 atom stereocenters. The summed E-state index contributed by atoms with van der Waals surface area (Å²) in [5.74, 6) is -5.24. The van der Waals surface area contributed by atoms with Crippen LogP contribution in [0.1, 0.15) is 66.4 Å². The second-order valence-electron chi connectivity index (χ2n) is 19.7. The van der Waals surface area contributed by atoms with Crippen molar-refractivity contribution in [1.82, 2.24) is 0 Å². The zero-order valence-corrected chi connectivity index (χ0v) is 44.2. The Morgan fingerprint density at radius 3 is 1.55 bits per heavy atom. The molecule has 412 valence electrons. The van der Waals surface area contributed by atoms with Gasteiger partial charge < -0.3 is 52.2 Å². The Balaban J connectivity index is 1.01. The third-order valence-corrected chi connectivity index (χ3v) is 13.5. The molecular weight excluding hydrogens is 1050 g/mol. The Kier molecular flexibility index (Phi) is 15.5. The fourth-order valence-corrected chi connectivity index (χ4v) is 9.51. The Bertz CT molecular complexity index is 3760. The van der Waals surface area contributed by atoms with E-state index in [9.17, 15) is 29.1 Å². The van der Waals surface area contributed by atoms with E-state index in [2.05, 4.69) is 0 Å². The molecule has 3 heterocycles. The van der Waals surface area contributed by atoms with Gasteiger partial charge in [-0.25, -0.2) is 19.2 Å². The number of benzene rings is 8. The molecule has 0 amide bonds. The number of ether oxygens (including phenoxy) is 9. The maximum Gasteiger partial charge on any atom is 0.338 e. The molecule has 9 aromatic rings. The number of carbonyl (C=O) groups excluding carboxylic acids is 4. The molecule has 0 bridgehead atoms. The highest BCUT2D eigenvalue weighted by Crippen LogP contribution is 2.50. The molecule has 1 saturated heterocycles. The van der Waals surface area contributed by atoms with Crippen molar-refractivity contribution in [3.8, 4) is 40.1 Å². The summed E-state index contributed by atoms with van der Waals surface area (Å²) in [6.07, 6.45) is -8.57. The van der Waals surface area contributed by atoms with E-state index in [4.69, 9.17) is 47.0 Å². The average molecular weight is 1100 g/mol. The number of phenols is 1. The van der Waals surface area contributed by atoms with E-state index in [0.717, 1.165) is 17.2 Å². The molecule has 82 heavy (non-hydrogen) atoms. The van der Waals surface area contributed by atoms with Gasteiger partial charge in [0.15, 0.2) is 29.5 Å². The lowest BCUT2D eigenvalue weighted by Gasteiger charge is -2.44. The van der Waals surface area contributed by atoms with Gasteiger partial charge in [0, 0.05) is 28.8 Å². The summed E-state index contributed by atoms with van der Waals surface area (Å²) in [4.78, 5) is 71.0. The number of carbonyl (C=O) groups is 4. The highest BCUT2D eigenvalue weighted by atomic mass is 16.7. The molecule has 2 aliphatic rings. The SMILES string of the molecule is CC(C)COc1c(-c2ccc3c(c2)OC(c2ccccc2)(c2ccccc2)O3)oc2cc(O[C@@H]3OC(COC(=O)c4ccccc4)[C@@H](OC(=O)c4ccccc4)C(OC(=O)c4ccccc4)[C@@H]3OC(=O)c3ccccc3)cc(O)c2c1=O. The number of fused-ring (bicyclic) bond motifs is 2. The van der Waals surface area contributed by atoms with Crippen LogP contribution in [0, 0.1) is 5.92 Å². The maximum atomic E-state index is 14.8. The molecule has 2 aliphatic heterocycles. The van der Waals surface area contributed by atoms with E-state index in [-0.39, 0.29) is 63.0 Å². The highest BCUT2D eigenvalue weighted by Gasteiger charge is 2.54. The maximum absolute atomic E-state index is 14.8. The molecule has 16 heteroatoms. The third kappa shape index (κ3) is 11.3. The molecule has 1 fully saturated rings. The smallest absolute Gasteiger partial charge is 0.338 e. The van der Waals surface area contributed by atoms with Gasteiger partial charge in [-0.2, -0.15) is 0 Å². The van der Waals surface area contributed by atoms with E-state index in [1.54, 1.807) is 91.0 Å². The van der Waals surface area contributed by atoms with Crippen molar-refractivity contribution in [1.29, 1.82) is 0 Å². The number of hydrogen-bond donors (Lipinski definition) is 1. The summed E-state index contributed by atoms with van der Waals surface area (Å²) >= 11 is 0. The number of hydrogen-bond acceptors (Lipinski definition) is 16. The van der Waals surface area contributed by atoms with Gasteiger partial charge in [0.05, 0.1) is 28.9 Å². The van der Waals surface area contributed by atoms with Crippen molar-refractivity contribution in [2.75, 3.05) is 13.2 Å². The van der Waals surface area contributed by atoms with Crippen LogP contribution in [0.25, 0.3) is 22.3 Å². The summed E-state index contributed by atoms with van der Waals surface area (Å²) in [7, 11) is 0. The van der Waals surface area contributed by atoms with Crippen LogP contribution < -0.4 is 24.4 Å². The van der Waals surface area contributed by atoms with Crippen LogP contribution in [0.3, 0.4) is 0 Å². The van der Waals surface area contributed by atoms with Gasteiger partial charge in [0.25, 0.3) is 0 Å². The summed E-state index contributed by atoms with van der Waals surface area (Å²) in [5.41, 5.74) is 1.33. The van der Waals surface area contributed by atoms with Crippen LogP contribution in [-0.2, 0) is 29.5 Å². The Hall–Kier alpha value is -10.2. The monoisotopic (exact) mass is 1100 g/mol. The topological polar surface area (TPSA) is 202 Å². The molecule has 1 aromatic heterocycles. The second kappa shape index (κ2) is 23.6. The Morgan fingerprint density at radius 2 is 1.02 bits per heavy atom. The van der Waals surface area contributed by atoms with E-state index in [1.807, 2.05) is 74.5 Å². The van der Waals surface area contributed by atoms with Gasteiger partial charge in [-0.1, -0.05) is 147 Å². The molecule has 0 radical (unpaired) electrons. The minimum absolute atomic E-state index is 0.0298. The molecule has 11 rings (SSSR count). The summed E-state index contributed by atoms with van der Waals surface area (Å²) in [6.45, 7) is 3.29. The van der Waals surface area contributed by atoms with Crippen LogP contribution in [0.15, 0.2) is 222 Å². The lowest BCUT2D eigenvalue weighted by molar-refractivity contribution is -0.275. The molecule has 16 nitrogen and oxygen atoms in total. The quantitative estimate of drug-likeness (QED) is 0.0666. The summed E-state index contributed by atoms with van der Waals surface area (Å²) in [6, 6.07) is 58.3. The van der Waals surface area contributed by atoms with Crippen LogP contribution in [0.4, 0.5) is 0 Å². The first kappa shape index (κ1) is 53.8. The third-order valence-electron chi connectivity index (χ3n) is 13.5. The fraction of sp³-hybridized carbons (Fsp3) is 0.167. The lowest BCUT2D eigenvalue weighted by Crippen LogP contribution is -2.63. The van der Waals surface area contributed by atoms with Crippen molar-refractivity contribution < 1.29 is 71.3 Å². The first-order valence-electron chi connectivity index (χ1n) is 26.3. The minimum Gasteiger partial charge on any atom is -0.507 e. The Morgan fingerprint density at radius 1 is 0.549 bits per heavy atom. The molecule has 0 spiro atoms. The first-order chi connectivity index (χ1) is 39.9. The zero-order chi connectivity index (χ0) is 56.7. The van der Waals surface area contributed by atoms with Gasteiger partial charge in [0.2, 0.25) is 23.6 Å². The fourth-order valence-electron chi connectivity index (χ4n) is 9.51. The van der Waals surface area contributed by atoms with Crippen LogP contribution in [0.2, 0.25) is 0 Å². The predicted octanol–water partition coefficient (Wildman–Crippen LogP) is 11.5. The molecule has 2 unspecified atom stereocenters. The van der Waals surface area contributed by atoms with Crippen molar-refractivity contribution in [2.24, 2.45) is 5.92 Å². The van der Waals surface area contributed by atoms with Crippen LogP contribution >= 0.6 is 0 Å². The van der Waals surface area contributed by atoms with Gasteiger partial charge >= 0.3 is 29.7 Å². The molecule has 8 aromatic carbocycles. The zero-order valence-electron chi connectivity index (χ0n) is 44.2.